The summed E-state index contributed by atoms with van der Waals surface area (Å²) in [6.07, 6.45) is -7.90. The molecule has 0 unspecified atom stereocenters. The lowest BCUT2D eigenvalue weighted by Gasteiger charge is -2.31. The molecule has 11 heteroatoms. The van der Waals surface area contributed by atoms with Gasteiger partial charge in [-0.2, -0.15) is 17.6 Å². The predicted molar refractivity (Wildman–Crippen MR) is 92.3 cm³/mol. The monoisotopic (exact) mass is 415 g/mol. The molecule has 6 nitrogen and oxygen atoms in total. The Morgan fingerprint density at radius 3 is 2.50 bits per heavy atom. The van der Waals surface area contributed by atoms with Crippen LogP contribution in [0.4, 0.5) is 17.6 Å². The summed E-state index contributed by atoms with van der Waals surface area (Å²) in [6, 6.07) is 4.03. The van der Waals surface area contributed by atoms with Crippen LogP contribution in [0, 0.1) is 6.92 Å². The van der Waals surface area contributed by atoms with E-state index in [0.717, 1.165) is 23.4 Å². The van der Waals surface area contributed by atoms with Crippen LogP contribution in [-0.2, 0) is 5.75 Å². The fourth-order valence-corrected chi connectivity index (χ4v) is 3.59. The summed E-state index contributed by atoms with van der Waals surface area (Å²) in [7, 11) is 1.57. The Morgan fingerprint density at radius 2 is 1.82 bits per heavy atom. The molecule has 0 bridgehead atoms. The van der Waals surface area contributed by atoms with Crippen LogP contribution in [0.15, 0.2) is 29.6 Å². The van der Waals surface area contributed by atoms with Gasteiger partial charge in [-0.3, -0.25) is 4.98 Å². The Morgan fingerprint density at radius 1 is 1.14 bits per heavy atom. The Labute approximate surface area is 160 Å². The van der Waals surface area contributed by atoms with Crippen molar-refractivity contribution >= 4 is 22.8 Å². The third-order valence-electron chi connectivity index (χ3n) is 4.17. The Balaban J connectivity index is 1.60. The van der Waals surface area contributed by atoms with Gasteiger partial charge in [-0.1, -0.05) is 11.8 Å². The number of nitrogens with zero attached hydrogens (tertiary/aromatic N) is 2. The number of benzene rings is 1. The van der Waals surface area contributed by atoms with Crippen molar-refractivity contribution in [1.82, 2.24) is 15.0 Å². The van der Waals surface area contributed by atoms with Crippen LogP contribution in [0.3, 0.4) is 0 Å². The van der Waals surface area contributed by atoms with Gasteiger partial charge >= 0.3 is 12.2 Å². The second kappa shape index (κ2) is 6.43. The number of nitrogens with one attached hydrogen (secondary N) is 1. The highest BCUT2D eigenvalue weighted by atomic mass is 32.2. The minimum atomic E-state index is -4.77. The SMILES string of the molecule is COc1ccnc(CSc2nc3cc4c(cc3[nH]2)OC(F)(F)C(F)(F)O4)c1C. The van der Waals surface area contributed by atoms with Crippen molar-refractivity contribution in [3.05, 3.63) is 35.7 Å². The molecule has 0 saturated carbocycles. The maximum Gasteiger partial charge on any atom is 0.507 e. The summed E-state index contributed by atoms with van der Waals surface area (Å²) in [5, 5.41) is 0.458. The number of H-pyrrole nitrogens is 1. The zero-order valence-corrected chi connectivity index (χ0v) is 15.4. The minimum absolute atomic E-state index is 0.279. The molecule has 0 atom stereocenters. The number of rotatable bonds is 4. The van der Waals surface area contributed by atoms with Crippen LogP contribution >= 0.6 is 11.8 Å². The number of imidazole rings is 1. The number of hydrogen-bond donors (Lipinski definition) is 1. The van der Waals surface area contributed by atoms with Gasteiger partial charge in [0.2, 0.25) is 0 Å². The second-order valence-corrected chi connectivity index (χ2v) is 6.93. The average Bonchev–Trinajstić information content (AvgIpc) is 3.01. The number of thioether (sulfide) groups is 1. The molecule has 2 aromatic heterocycles. The molecule has 1 aliphatic rings. The molecule has 0 fully saturated rings. The number of pyridine rings is 1. The van der Waals surface area contributed by atoms with Crippen molar-refractivity contribution in [1.29, 1.82) is 0 Å². The average molecular weight is 415 g/mol. The van der Waals surface area contributed by atoms with Crippen LogP contribution in [0.5, 0.6) is 17.2 Å². The number of halogens is 4. The van der Waals surface area contributed by atoms with Crippen molar-refractivity contribution in [2.45, 2.75) is 30.1 Å². The largest absolute Gasteiger partial charge is 0.507 e. The molecule has 1 N–H and O–H groups in total. The fraction of sp³-hybridized carbons (Fsp3) is 0.294. The number of methoxy groups -OCH3 is 1. The number of ether oxygens (including phenoxy) is 3. The molecule has 4 rings (SSSR count). The molecule has 148 valence electrons. The fourth-order valence-electron chi connectivity index (χ4n) is 2.68. The first-order valence-corrected chi connectivity index (χ1v) is 8.97. The Kier molecular flexibility index (Phi) is 4.29. The summed E-state index contributed by atoms with van der Waals surface area (Å²) < 4.78 is 66.8. The normalized spacial score (nSPS) is 16.9. The van der Waals surface area contributed by atoms with Crippen molar-refractivity contribution < 1.29 is 31.8 Å². The Bertz CT molecular complexity index is 1000. The summed E-state index contributed by atoms with van der Waals surface area (Å²) in [4.78, 5) is 11.5. The van der Waals surface area contributed by atoms with Gasteiger partial charge in [0, 0.05) is 29.6 Å². The maximum atomic E-state index is 13.3. The number of hydrogen-bond acceptors (Lipinski definition) is 6. The van der Waals surface area contributed by atoms with Gasteiger partial charge in [0.05, 0.1) is 23.8 Å². The van der Waals surface area contributed by atoms with E-state index in [9.17, 15) is 17.6 Å². The van der Waals surface area contributed by atoms with E-state index in [1.807, 2.05) is 6.92 Å². The van der Waals surface area contributed by atoms with Gasteiger partial charge < -0.3 is 19.2 Å². The van der Waals surface area contributed by atoms with Crippen LogP contribution in [0.25, 0.3) is 11.0 Å². The first kappa shape index (κ1) is 18.7. The van der Waals surface area contributed by atoms with Crippen molar-refractivity contribution in [3.8, 4) is 17.2 Å². The number of alkyl halides is 4. The van der Waals surface area contributed by atoms with Crippen LogP contribution < -0.4 is 14.2 Å². The lowest BCUT2D eigenvalue weighted by molar-refractivity contribution is -0.391. The van der Waals surface area contributed by atoms with E-state index >= 15 is 0 Å². The molecule has 0 spiro atoms. The molecular formula is C17H13F4N3O3S. The highest BCUT2D eigenvalue weighted by molar-refractivity contribution is 7.98. The lowest BCUT2D eigenvalue weighted by atomic mass is 10.2. The van der Waals surface area contributed by atoms with E-state index in [4.69, 9.17) is 4.74 Å². The molecule has 0 saturated heterocycles. The smallest absolute Gasteiger partial charge is 0.496 e. The summed E-state index contributed by atoms with van der Waals surface area (Å²) in [5.74, 6) is 0.177. The van der Waals surface area contributed by atoms with Crippen molar-refractivity contribution in [2.75, 3.05) is 7.11 Å². The zero-order valence-electron chi connectivity index (χ0n) is 14.6. The molecule has 1 aromatic carbocycles. The van der Waals surface area contributed by atoms with Gasteiger partial charge in [0.15, 0.2) is 16.7 Å². The van der Waals surface area contributed by atoms with Crippen LogP contribution in [-0.4, -0.2) is 34.3 Å². The van der Waals surface area contributed by atoms with Gasteiger partial charge in [0.1, 0.15) is 5.75 Å². The second-order valence-electron chi connectivity index (χ2n) is 5.97. The van der Waals surface area contributed by atoms with E-state index < -0.39 is 23.7 Å². The highest BCUT2D eigenvalue weighted by Gasteiger charge is 2.66. The van der Waals surface area contributed by atoms with Gasteiger partial charge in [-0.05, 0) is 13.0 Å². The predicted octanol–water partition coefficient (Wildman–Crippen LogP) is 4.52. The third-order valence-corrected chi connectivity index (χ3v) is 5.05. The molecule has 0 aliphatic carbocycles. The lowest BCUT2D eigenvalue weighted by Crippen LogP contribution is -2.52. The molecule has 3 heterocycles. The van der Waals surface area contributed by atoms with Gasteiger partial charge in [-0.15, -0.1) is 0 Å². The molecule has 0 radical (unpaired) electrons. The number of aromatic nitrogens is 3. The summed E-state index contributed by atoms with van der Waals surface area (Å²) in [5.41, 5.74) is 2.30. The van der Waals surface area contributed by atoms with E-state index in [2.05, 4.69) is 24.4 Å². The van der Waals surface area contributed by atoms with E-state index in [1.165, 1.54) is 11.8 Å². The van der Waals surface area contributed by atoms with Crippen LogP contribution in [0.2, 0.25) is 0 Å². The number of aromatic amines is 1. The van der Waals surface area contributed by atoms with Gasteiger partial charge in [0.25, 0.3) is 0 Å². The summed E-state index contributed by atoms with van der Waals surface area (Å²) in [6.45, 7) is 1.88. The van der Waals surface area contributed by atoms with E-state index in [0.29, 0.717) is 22.2 Å². The van der Waals surface area contributed by atoms with Crippen molar-refractivity contribution in [2.24, 2.45) is 0 Å². The van der Waals surface area contributed by atoms with Crippen molar-refractivity contribution in [3.63, 3.8) is 0 Å². The topological polar surface area (TPSA) is 69.3 Å². The molecule has 3 aromatic rings. The minimum Gasteiger partial charge on any atom is -0.496 e. The summed E-state index contributed by atoms with van der Waals surface area (Å²) >= 11 is 1.31. The van der Waals surface area contributed by atoms with Gasteiger partial charge in [-0.25, -0.2) is 4.98 Å². The van der Waals surface area contributed by atoms with E-state index in [-0.39, 0.29) is 5.52 Å². The molecular weight excluding hydrogens is 402 g/mol. The molecule has 0 amide bonds. The first-order chi connectivity index (χ1) is 13.2. The quantitative estimate of drug-likeness (QED) is 0.499. The highest BCUT2D eigenvalue weighted by Crippen LogP contribution is 2.48. The molecule has 1 aliphatic heterocycles. The Hall–Kier alpha value is -2.69. The zero-order chi connectivity index (χ0) is 20.1. The third kappa shape index (κ3) is 3.09. The van der Waals surface area contributed by atoms with Crippen LogP contribution in [0.1, 0.15) is 11.3 Å². The molecule has 28 heavy (non-hydrogen) atoms. The number of fused-ring (bicyclic) bond motifs is 2. The maximum absolute atomic E-state index is 13.3. The van der Waals surface area contributed by atoms with E-state index in [1.54, 1.807) is 19.4 Å². The first-order valence-electron chi connectivity index (χ1n) is 7.99. The standard InChI is InChI=1S/C17H13F4N3O3S/c1-8-11(22-4-3-12(8)25-2)7-28-15-23-9-5-13-14(6-10(9)24-15)27-17(20,21)16(18,19)26-13/h3-6H,7H2,1-2H3,(H,23,24).